The molecule has 4 heteroatoms. The second-order valence-corrected chi connectivity index (χ2v) is 3.53. The number of nitro benzene ring substituents is 1. The van der Waals surface area contributed by atoms with Gasteiger partial charge in [0.2, 0.25) is 0 Å². The molecule has 0 aliphatic rings. The normalized spacial score (nSPS) is 9.39. The van der Waals surface area contributed by atoms with Crippen LogP contribution in [0.4, 0.5) is 10.1 Å². The molecule has 0 aliphatic heterocycles. The molecule has 0 atom stereocenters. The van der Waals surface area contributed by atoms with Gasteiger partial charge in [-0.05, 0) is 24.3 Å². The largest absolute Gasteiger partial charge is 0.285 e. The zero-order valence-electron chi connectivity index (χ0n) is 9.26. The van der Waals surface area contributed by atoms with E-state index < -0.39 is 10.7 Å². The minimum absolute atomic E-state index is 0.0730. The fourth-order valence-electron chi connectivity index (χ4n) is 1.43. The Morgan fingerprint density at radius 2 is 1.78 bits per heavy atom. The van der Waals surface area contributed by atoms with Gasteiger partial charge in [0.15, 0.2) is 0 Å². The van der Waals surface area contributed by atoms with Crippen LogP contribution in [0.5, 0.6) is 0 Å². The zero-order chi connectivity index (χ0) is 13.0. The van der Waals surface area contributed by atoms with E-state index in [1.807, 2.05) is 18.2 Å². The smallest absolute Gasteiger partial charge is 0.258 e. The number of nitro groups is 1. The van der Waals surface area contributed by atoms with Gasteiger partial charge in [-0.25, -0.2) is 4.39 Å². The van der Waals surface area contributed by atoms with Crippen LogP contribution in [0.2, 0.25) is 0 Å². The van der Waals surface area contributed by atoms with Gasteiger partial charge in [0.25, 0.3) is 5.69 Å². The van der Waals surface area contributed by atoms with Crippen LogP contribution in [0.25, 0.3) is 0 Å². The van der Waals surface area contributed by atoms with Gasteiger partial charge in [-0.15, -0.1) is 0 Å². The van der Waals surface area contributed by atoms with Crippen LogP contribution < -0.4 is 0 Å². The van der Waals surface area contributed by atoms with Crippen molar-refractivity contribution >= 4 is 5.69 Å². The van der Waals surface area contributed by atoms with Crippen molar-refractivity contribution in [2.24, 2.45) is 0 Å². The van der Waals surface area contributed by atoms with Crippen molar-refractivity contribution in [3.63, 3.8) is 0 Å². The Balaban J connectivity index is 2.43. The van der Waals surface area contributed by atoms with Gasteiger partial charge in [0.05, 0.1) is 4.92 Å². The maximum absolute atomic E-state index is 13.0. The Morgan fingerprint density at radius 1 is 1.06 bits per heavy atom. The van der Waals surface area contributed by atoms with E-state index in [0.29, 0.717) is 0 Å². The Bertz CT molecular complexity index is 642. The summed E-state index contributed by atoms with van der Waals surface area (Å²) >= 11 is 0. The van der Waals surface area contributed by atoms with Crippen LogP contribution >= 0.6 is 0 Å². The van der Waals surface area contributed by atoms with Crippen LogP contribution in [-0.2, 0) is 0 Å². The molecule has 2 rings (SSSR count). The molecular formula is C14H8FNO2. The molecule has 0 bridgehead atoms. The van der Waals surface area contributed by atoms with Gasteiger partial charge in [-0.3, -0.25) is 10.1 Å². The molecule has 0 aliphatic carbocycles. The number of rotatable bonds is 1. The van der Waals surface area contributed by atoms with Gasteiger partial charge in [-0.2, -0.15) is 0 Å². The fourth-order valence-corrected chi connectivity index (χ4v) is 1.43. The van der Waals surface area contributed by atoms with E-state index >= 15 is 0 Å². The topological polar surface area (TPSA) is 43.1 Å². The number of benzene rings is 2. The number of hydrogen-bond acceptors (Lipinski definition) is 2. The number of halogens is 1. The minimum Gasteiger partial charge on any atom is -0.258 e. The molecule has 2 aromatic carbocycles. The minimum atomic E-state index is -0.575. The van der Waals surface area contributed by atoms with E-state index in [-0.39, 0.29) is 11.3 Å². The second-order valence-electron chi connectivity index (χ2n) is 3.53. The summed E-state index contributed by atoms with van der Waals surface area (Å²) in [5.41, 5.74) is 0.597. The van der Waals surface area contributed by atoms with E-state index in [9.17, 15) is 14.5 Å². The molecule has 2 aromatic rings. The summed E-state index contributed by atoms with van der Waals surface area (Å²) in [6.45, 7) is 0. The number of hydrogen-bond donors (Lipinski definition) is 0. The summed E-state index contributed by atoms with van der Waals surface area (Å²) in [6, 6.07) is 12.2. The summed E-state index contributed by atoms with van der Waals surface area (Å²) in [4.78, 5) is 10.2. The summed E-state index contributed by atoms with van der Waals surface area (Å²) in [6.07, 6.45) is 0. The van der Waals surface area contributed by atoms with Crippen molar-refractivity contribution in [3.8, 4) is 11.8 Å². The molecule has 0 heterocycles. The molecule has 88 valence electrons. The lowest BCUT2D eigenvalue weighted by molar-refractivity contribution is -0.385. The highest BCUT2D eigenvalue weighted by molar-refractivity contribution is 5.53. The van der Waals surface area contributed by atoms with E-state index in [0.717, 1.165) is 23.8 Å². The molecule has 0 saturated carbocycles. The highest BCUT2D eigenvalue weighted by Gasteiger charge is 2.12. The third-order valence-corrected chi connectivity index (χ3v) is 2.27. The maximum atomic E-state index is 13.0. The molecule has 0 spiro atoms. The molecule has 3 nitrogen and oxygen atoms in total. The lowest BCUT2D eigenvalue weighted by Gasteiger charge is -1.95. The lowest BCUT2D eigenvalue weighted by atomic mass is 10.1. The average Bonchev–Trinajstić information content (AvgIpc) is 2.37. The number of nitrogens with zero attached hydrogens (tertiary/aromatic N) is 1. The molecule has 0 fully saturated rings. The fraction of sp³-hybridized carbons (Fsp3) is 0. The average molecular weight is 241 g/mol. The first-order valence-corrected chi connectivity index (χ1v) is 5.18. The Morgan fingerprint density at radius 3 is 2.44 bits per heavy atom. The SMILES string of the molecule is O=[N+]([O-])c1ccc(F)cc1C#Cc1ccccc1. The zero-order valence-corrected chi connectivity index (χ0v) is 9.26. The quantitative estimate of drug-likeness (QED) is 0.437. The predicted octanol–water partition coefficient (Wildman–Crippen LogP) is 3.13. The highest BCUT2D eigenvalue weighted by atomic mass is 19.1. The third-order valence-electron chi connectivity index (χ3n) is 2.27. The van der Waals surface area contributed by atoms with Gasteiger partial charge in [-0.1, -0.05) is 30.0 Å². The van der Waals surface area contributed by atoms with Crippen LogP contribution in [0.3, 0.4) is 0 Å². The molecule has 0 amide bonds. The van der Waals surface area contributed by atoms with Crippen molar-refractivity contribution in [1.82, 2.24) is 0 Å². The van der Waals surface area contributed by atoms with Gasteiger partial charge in [0, 0.05) is 11.6 Å². The van der Waals surface area contributed by atoms with Gasteiger partial charge < -0.3 is 0 Å². The Kier molecular flexibility index (Phi) is 3.35. The molecule has 18 heavy (non-hydrogen) atoms. The van der Waals surface area contributed by atoms with Crippen molar-refractivity contribution in [2.45, 2.75) is 0 Å². The Hall–Kier alpha value is -2.67. The summed E-state index contributed by atoms with van der Waals surface area (Å²) in [5, 5.41) is 10.8. The van der Waals surface area contributed by atoms with Crippen LogP contribution in [0.1, 0.15) is 11.1 Å². The van der Waals surface area contributed by atoms with Gasteiger partial charge in [0.1, 0.15) is 11.4 Å². The highest BCUT2D eigenvalue weighted by Crippen LogP contribution is 2.18. The molecule has 0 N–H and O–H groups in total. The summed E-state index contributed by atoms with van der Waals surface area (Å²) in [7, 11) is 0. The molecule has 0 aromatic heterocycles. The molecular weight excluding hydrogens is 233 g/mol. The van der Waals surface area contributed by atoms with E-state index in [2.05, 4.69) is 11.8 Å². The van der Waals surface area contributed by atoms with Crippen LogP contribution in [0, 0.1) is 27.8 Å². The summed E-state index contributed by atoms with van der Waals surface area (Å²) < 4.78 is 13.0. The predicted molar refractivity (Wildman–Crippen MR) is 65.5 cm³/mol. The monoisotopic (exact) mass is 241 g/mol. The van der Waals surface area contributed by atoms with Crippen molar-refractivity contribution in [1.29, 1.82) is 0 Å². The van der Waals surface area contributed by atoms with Crippen molar-refractivity contribution < 1.29 is 9.31 Å². The lowest BCUT2D eigenvalue weighted by Crippen LogP contribution is -1.92. The molecule has 0 unspecified atom stereocenters. The van der Waals surface area contributed by atoms with Crippen LogP contribution in [0.15, 0.2) is 48.5 Å². The van der Waals surface area contributed by atoms with Crippen molar-refractivity contribution in [2.75, 3.05) is 0 Å². The standard InChI is InChI=1S/C14H8FNO2/c15-13-8-9-14(16(17)18)12(10-13)7-6-11-4-2-1-3-5-11/h1-5,8-10H. The molecule has 0 saturated heterocycles. The first-order valence-electron chi connectivity index (χ1n) is 5.18. The van der Waals surface area contributed by atoms with Crippen molar-refractivity contribution in [3.05, 3.63) is 75.6 Å². The van der Waals surface area contributed by atoms with E-state index in [1.54, 1.807) is 12.1 Å². The summed E-state index contributed by atoms with van der Waals surface area (Å²) in [5.74, 6) is 4.84. The Labute approximate surface area is 103 Å². The van der Waals surface area contributed by atoms with Crippen LogP contribution in [-0.4, -0.2) is 4.92 Å². The first-order chi connectivity index (χ1) is 8.66. The first kappa shape index (κ1) is 11.8. The van der Waals surface area contributed by atoms with Gasteiger partial charge >= 0.3 is 0 Å². The maximum Gasteiger partial charge on any atom is 0.285 e. The molecule has 0 radical (unpaired) electrons. The van der Waals surface area contributed by atoms with E-state index in [4.69, 9.17) is 0 Å². The second kappa shape index (κ2) is 5.11. The third kappa shape index (κ3) is 2.71. The van der Waals surface area contributed by atoms with E-state index in [1.165, 1.54) is 0 Å².